The van der Waals surface area contributed by atoms with Crippen LogP contribution in [0.3, 0.4) is 0 Å². The van der Waals surface area contributed by atoms with Crippen LogP contribution in [0.5, 0.6) is 0 Å². The third kappa shape index (κ3) is 18.1. The van der Waals surface area contributed by atoms with Crippen LogP contribution in [-0.4, -0.2) is 122 Å². The van der Waals surface area contributed by atoms with Gasteiger partial charge in [0.1, 0.15) is 25.9 Å². The van der Waals surface area contributed by atoms with Crippen molar-refractivity contribution in [2.75, 3.05) is 37.4 Å². The summed E-state index contributed by atoms with van der Waals surface area (Å²) in [7, 11) is -5.24. The molecule has 0 bridgehead atoms. The molecule has 0 saturated heterocycles. The molecule has 1 N–H and O–H groups in total. The van der Waals surface area contributed by atoms with Crippen LogP contribution < -0.4 is 0 Å². The molecule has 0 spiro atoms. The van der Waals surface area contributed by atoms with Crippen LogP contribution in [0.2, 0.25) is 0 Å². The van der Waals surface area contributed by atoms with Crippen LogP contribution in [0.1, 0.15) is 27.2 Å². The van der Waals surface area contributed by atoms with Gasteiger partial charge < -0.3 is 9.47 Å². The molecule has 3 unspecified atom stereocenters. The highest BCUT2D eigenvalue weighted by Crippen LogP contribution is 2.49. The molecule has 0 aromatic rings. The molecule has 9 nitrogen and oxygen atoms in total. The number of thioether (sulfide) groups is 2. The van der Waals surface area contributed by atoms with Crippen molar-refractivity contribution < 1.29 is 125 Å². The third-order valence-electron chi connectivity index (χ3n) is 4.72. The molecule has 0 saturated carbocycles. The lowest BCUT2D eigenvalue weighted by molar-refractivity contribution is -0.439. The summed E-state index contributed by atoms with van der Waals surface area (Å²) >= 11 is -0.287. The number of alkyl halides is 19. The molecule has 0 rings (SSSR count). The van der Waals surface area contributed by atoms with Gasteiger partial charge >= 0.3 is 53.4 Å². The Balaban J connectivity index is -0.00000122. The second-order valence-corrected chi connectivity index (χ2v) is 12.6. The van der Waals surface area contributed by atoms with Gasteiger partial charge in [-0.1, -0.05) is 25.6 Å². The molecule has 0 amide bonds. The van der Waals surface area contributed by atoms with Crippen LogP contribution in [0.15, 0.2) is 0 Å². The number of carbonyl (C=O) groups is 2. The molecule has 0 aliphatic rings. The lowest BCUT2D eigenvalue weighted by atomic mass is 10.2. The molecule has 3 atom stereocenters. The van der Waals surface area contributed by atoms with Gasteiger partial charge in [-0.25, -0.2) is 17.6 Å². The molecule has 0 aliphatic heterocycles. The third-order valence-corrected chi connectivity index (χ3v) is 7.34. The summed E-state index contributed by atoms with van der Waals surface area (Å²) in [6.07, 6.45) is -28.6. The first kappa shape index (κ1) is 55.5. The Kier molecular flexibility index (Phi) is 23.1. The largest absolute Gasteiger partial charge is 0.465 e. The van der Waals surface area contributed by atoms with E-state index in [0.717, 1.165) is 0 Å². The molecule has 0 aliphatic carbocycles. The number of carbonyl (C=O) groups excluding carboxylic acids is 2. The SMILES string of the molecule is CC.CC(F)(F)C(F)(F)C(F)(F)OC(F)C(F)(F)SCCOC(=O)CC(C(=O)OCCSCF)S(=O)(=O)O.FCC(F)OC(F)(F)C(F)(F)C(F)(F)F. The van der Waals surface area contributed by atoms with Gasteiger partial charge in [-0.2, -0.15) is 74.3 Å². The zero-order chi connectivity index (χ0) is 43.1. The van der Waals surface area contributed by atoms with Crippen molar-refractivity contribution in [2.45, 2.75) is 86.6 Å². The number of ether oxygens (including phenoxy) is 4. The van der Waals surface area contributed by atoms with Crippen molar-refractivity contribution in [1.82, 2.24) is 0 Å². The quantitative estimate of drug-likeness (QED) is 0.0522. The van der Waals surface area contributed by atoms with E-state index < -0.39 is 138 Å². The van der Waals surface area contributed by atoms with Crippen LogP contribution in [0.25, 0.3) is 0 Å². The predicted molar refractivity (Wildman–Crippen MR) is 143 cm³/mol. The lowest BCUT2D eigenvalue weighted by Crippen LogP contribution is -2.56. The molecule has 320 valence electrons. The van der Waals surface area contributed by atoms with Gasteiger partial charge in [0.05, 0.1) is 6.42 Å². The minimum absolute atomic E-state index is 0.111. The van der Waals surface area contributed by atoms with Crippen molar-refractivity contribution in [1.29, 1.82) is 0 Å². The minimum atomic E-state index is -6.63. The summed E-state index contributed by atoms with van der Waals surface area (Å²) < 4.78 is 280. The first-order chi connectivity index (χ1) is 23.6. The summed E-state index contributed by atoms with van der Waals surface area (Å²) in [6.45, 7) is -0.584. The van der Waals surface area contributed by atoms with Crippen LogP contribution in [0.4, 0.5) is 83.4 Å². The van der Waals surface area contributed by atoms with E-state index in [1.54, 1.807) is 0 Å². The van der Waals surface area contributed by atoms with Crippen molar-refractivity contribution in [3.63, 3.8) is 0 Å². The Morgan fingerprint density at radius 1 is 0.736 bits per heavy atom. The smallest absolute Gasteiger partial charge is 0.462 e. The second kappa shape index (κ2) is 22.0. The van der Waals surface area contributed by atoms with Crippen molar-refractivity contribution in [2.24, 2.45) is 0 Å². The molecule has 0 heterocycles. The van der Waals surface area contributed by atoms with Crippen molar-refractivity contribution >= 4 is 45.6 Å². The summed E-state index contributed by atoms with van der Waals surface area (Å²) in [5.41, 5.74) is 0. The Bertz CT molecular complexity index is 1200. The minimum Gasteiger partial charge on any atom is -0.465 e. The maximum Gasteiger partial charge on any atom is 0.462 e. The predicted octanol–water partition coefficient (Wildman–Crippen LogP) is 7.99. The summed E-state index contributed by atoms with van der Waals surface area (Å²) in [6, 6.07) is -0.860. The topological polar surface area (TPSA) is 125 Å². The molecule has 53 heavy (non-hydrogen) atoms. The maximum absolute atomic E-state index is 13.6. The fourth-order valence-corrected chi connectivity index (χ4v) is 3.81. The Labute approximate surface area is 294 Å². The van der Waals surface area contributed by atoms with Gasteiger partial charge in [-0.3, -0.25) is 23.6 Å². The maximum atomic E-state index is 13.6. The molecular formula is C22H27F19O9S3. The number of esters is 2. The van der Waals surface area contributed by atoms with Gasteiger partial charge in [-0.05, 0) is 0 Å². The van der Waals surface area contributed by atoms with E-state index in [2.05, 4.69) is 18.9 Å². The number of halogens is 19. The fraction of sp³-hybridized carbons (Fsp3) is 0.909. The summed E-state index contributed by atoms with van der Waals surface area (Å²) in [4.78, 5) is 23.3. The lowest BCUT2D eigenvalue weighted by Gasteiger charge is -2.32. The molecule has 0 fully saturated rings. The van der Waals surface area contributed by atoms with Crippen LogP contribution in [0, 0.1) is 0 Å². The van der Waals surface area contributed by atoms with E-state index in [1.807, 2.05) is 13.8 Å². The van der Waals surface area contributed by atoms with Gasteiger partial charge in [-0.15, -0.1) is 11.8 Å². The molecular weight excluding hydrogens is 865 g/mol. The molecule has 0 aromatic carbocycles. The van der Waals surface area contributed by atoms with E-state index in [1.165, 1.54) is 0 Å². The molecule has 31 heteroatoms. The zero-order valence-electron chi connectivity index (χ0n) is 26.3. The van der Waals surface area contributed by atoms with E-state index in [4.69, 9.17) is 4.55 Å². The van der Waals surface area contributed by atoms with E-state index >= 15 is 0 Å². The Hall–Kier alpha value is -1.86. The first-order valence-corrected chi connectivity index (χ1v) is 16.8. The van der Waals surface area contributed by atoms with E-state index in [-0.39, 0.29) is 5.75 Å². The van der Waals surface area contributed by atoms with E-state index in [0.29, 0.717) is 11.8 Å². The standard InChI is InChI=1S/C15H18F10O8S3.C5H3F9O.C2H6/c1-12(18,19)14(22,23)15(24,25)33-11(17)13(20,21)35-5-3-31-9(26)6-8(36(28,29)30)10(27)32-2-4-34-7-16;6-1-2(7)15-5(13,14)3(8,9)4(10,11)12;1-2/h8,11H,2-7H2,1H3,(H,28,29,30);2H,1H2;1-2H3. The van der Waals surface area contributed by atoms with Crippen molar-refractivity contribution in [3.8, 4) is 0 Å². The number of rotatable bonds is 21. The highest BCUT2D eigenvalue weighted by molar-refractivity contribution is 8.00. The molecule has 0 aromatic heterocycles. The Morgan fingerprint density at radius 3 is 1.58 bits per heavy atom. The van der Waals surface area contributed by atoms with Gasteiger partial charge in [0.2, 0.25) is 6.36 Å². The van der Waals surface area contributed by atoms with E-state index in [9.17, 15) is 101 Å². The average Bonchev–Trinajstić information content (AvgIpc) is 2.99. The second-order valence-electron chi connectivity index (χ2n) is 8.71. The van der Waals surface area contributed by atoms with Crippen LogP contribution in [-0.2, 0) is 38.7 Å². The summed E-state index contributed by atoms with van der Waals surface area (Å²) in [5.74, 6) is -22.9. The normalized spacial score (nSPS) is 15.2. The first-order valence-electron chi connectivity index (χ1n) is 13.1. The fourth-order valence-electron chi connectivity index (χ4n) is 2.23. The highest BCUT2D eigenvalue weighted by atomic mass is 32.2. The van der Waals surface area contributed by atoms with Gasteiger partial charge in [0.15, 0.2) is 5.25 Å². The zero-order valence-corrected chi connectivity index (χ0v) is 28.8. The Morgan fingerprint density at radius 2 is 1.19 bits per heavy atom. The number of hydrogen-bond donors (Lipinski definition) is 1. The van der Waals surface area contributed by atoms with Gasteiger partial charge in [0, 0.05) is 18.4 Å². The van der Waals surface area contributed by atoms with Crippen molar-refractivity contribution in [3.05, 3.63) is 0 Å². The highest BCUT2D eigenvalue weighted by Gasteiger charge is 2.75. The molecule has 0 radical (unpaired) electrons. The monoisotopic (exact) mass is 892 g/mol. The number of hydrogen-bond acceptors (Lipinski definition) is 10. The van der Waals surface area contributed by atoms with Crippen LogP contribution >= 0.6 is 23.5 Å². The van der Waals surface area contributed by atoms with Gasteiger partial charge in [0.25, 0.3) is 16.5 Å². The summed E-state index contributed by atoms with van der Waals surface area (Å²) in [5, 5.41) is -7.56. The average molecular weight is 893 g/mol.